The zero-order chi connectivity index (χ0) is 13.7. The van der Waals surface area contributed by atoms with E-state index >= 15 is 0 Å². The third-order valence-corrected chi connectivity index (χ3v) is 2.86. The number of benzene rings is 1. The first-order valence-electron chi connectivity index (χ1n) is 6.05. The lowest BCUT2D eigenvalue weighted by atomic mass is 10.2. The van der Waals surface area contributed by atoms with Crippen LogP contribution in [0.2, 0.25) is 0 Å². The lowest BCUT2D eigenvalue weighted by Crippen LogP contribution is -2.39. The molecular weight excluding hydrogens is 249 g/mol. The predicted octanol–water partition coefficient (Wildman–Crippen LogP) is 0.898. The Labute approximate surface area is 110 Å². The van der Waals surface area contributed by atoms with Gasteiger partial charge in [0.1, 0.15) is 5.82 Å². The van der Waals surface area contributed by atoms with E-state index in [0.29, 0.717) is 13.1 Å². The van der Waals surface area contributed by atoms with Gasteiger partial charge in [0.25, 0.3) is 0 Å². The molecule has 1 saturated heterocycles. The quantitative estimate of drug-likeness (QED) is 0.489. The van der Waals surface area contributed by atoms with Gasteiger partial charge < -0.3 is 4.90 Å². The Morgan fingerprint density at radius 1 is 1.26 bits per heavy atom. The van der Waals surface area contributed by atoms with Crippen molar-refractivity contribution >= 4 is 18.0 Å². The molecule has 0 bridgehead atoms. The summed E-state index contributed by atoms with van der Waals surface area (Å²) in [5.74, 6) is -1.83. The first-order chi connectivity index (χ1) is 9.18. The van der Waals surface area contributed by atoms with Crippen LogP contribution < -0.4 is 5.43 Å². The van der Waals surface area contributed by atoms with Crippen molar-refractivity contribution in [2.45, 2.75) is 12.8 Å². The molecule has 0 radical (unpaired) electrons. The number of carbonyl (C=O) groups excluding carboxylic acids is 2. The van der Waals surface area contributed by atoms with E-state index in [1.807, 2.05) is 0 Å². The van der Waals surface area contributed by atoms with Gasteiger partial charge in [-0.25, -0.2) is 9.82 Å². The molecule has 19 heavy (non-hydrogen) atoms. The van der Waals surface area contributed by atoms with E-state index in [0.717, 1.165) is 12.8 Å². The maximum absolute atomic E-state index is 13.2. The van der Waals surface area contributed by atoms with Crippen molar-refractivity contribution in [3.05, 3.63) is 35.6 Å². The Kier molecular flexibility index (Phi) is 4.22. The molecule has 1 N–H and O–H groups in total. The van der Waals surface area contributed by atoms with Crippen LogP contribution in [0.5, 0.6) is 0 Å². The maximum Gasteiger partial charge on any atom is 0.329 e. The molecule has 1 heterocycles. The van der Waals surface area contributed by atoms with Gasteiger partial charge in [0.05, 0.1) is 6.21 Å². The Balaban J connectivity index is 1.89. The van der Waals surface area contributed by atoms with Crippen LogP contribution in [-0.2, 0) is 9.59 Å². The minimum absolute atomic E-state index is 0.247. The summed E-state index contributed by atoms with van der Waals surface area (Å²) >= 11 is 0. The fraction of sp³-hybridized carbons (Fsp3) is 0.308. The molecule has 0 saturated carbocycles. The van der Waals surface area contributed by atoms with E-state index < -0.39 is 17.6 Å². The SMILES string of the molecule is O=C(NN=Cc1ccccc1F)C(=O)N1CCCC1. The number of amides is 2. The van der Waals surface area contributed by atoms with Crippen LogP contribution >= 0.6 is 0 Å². The van der Waals surface area contributed by atoms with Crippen LogP contribution in [0.1, 0.15) is 18.4 Å². The summed E-state index contributed by atoms with van der Waals surface area (Å²) in [7, 11) is 0. The minimum atomic E-state index is -0.797. The topological polar surface area (TPSA) is 61.8 Å². The van der Waals surface area contributed by atoms with Crippen molar-refractivity contribution in [3.63, 3.8) is 0 Å². The van der Waals surface area contributed by atoms with Gasteiger partial charge in [0.2, 0.25) is 0 Å². The lowest BCUT2D eigenvalue weighted by Gasteiger charge is -2.12. The molecule has 1 fully saturated rings. The van der Waals surface area contributed by atoms with Gasteiger partial charge in [0.15, 0.2) is 0 Å². The Bertz CT molecular complexity index is 510. The van der Waals surface area contributed by atoms with Gasteiger partial charge in [-0.05, 0) is 18.9 Å². The van der Waals surface area contributed by atoms with Gasteiger partial charge in [-0.15, -0.1) is 0 Å². The van der Waals surface area contributed by atoms with Gasteiger partial charge in [-0.1, -0.05) is 18.2 Å². The molecular formula is C13H14FN3O2. The fourth-order valence-electron chi connectivity index (χ4n) is 1.85. The smallest absolute Gasteiger partial charge is 0.329 e. The second-order valence-electron chi connectivity index (χ2n) is 4.22. The zero-order valence-electron chi connectivity index (χ0n) is 10.3. The molecule has 100 valence electrons. The van der Waals surface area contributed by atoms with E-state index in [-0.39, 0.29) is 5.56 Å². The number of rotatable bonds is 2. The summed E-state index contributed by atoms with van der Waals surface area (Å²) in [4.78, 5) is 24.6. The molecule has 6 heteroatoms. The molecule has 0 spiro atoms. The van der Waals surface area contributed by atoms with Gasteiger partial charge in [-0.2, -0.15) is 5.10 Å². The average molecular weight is 263 g/mol. The Morgan fingerprint density at radius 3 is 2.63 bits per heavy atom. The van der Waals surface area contributed by atoms with Crippen molar-refractivity contribution in [3.8, 4) is 0 Å². The third-order valence-electron chi connectivity index (χ3n) is 2.86. The Hall–Kier alpha value is -2.24. The van der Waals surface area contributed by atoms with Crippen LogP contribution in [-0.4, -0.2) is 36.0 Å². The number of halogens is 1. The highest BCUT2D eigenvalue weighted by Crippen LogP contribution is 2.07. The van der Waals surface area contributed by atoms with Crippen LogP contribution in [0.15, 0.2) is 29.4 Å². The Morgan fingerprint density at radius 2 is 1.95 bits per heavy atom. The van der Waals surface area contributed by atoms with Gasteiger partial charge >= 0.3 is 11.8 Å². The van der Waals surface area contributed by atoms with Gasteiger partial charge in [-0.3, -0.25) is 9.59 Å². The number of nitrogens with one attached hydrogen (secondary N) is 1. The molecule has 1 aliphatic rings. The van der Waals surface area contributed by atoms with Crippen LogP contribution in [0, 0.1) is 5.82 Å². The van der Waals surface area contributed by atoms with Crippen molar-refractivity contribution in [2.75, 3.05) is 13.1 Å². The van der Waals surface area contributed by atoms with E-state index in [1.54, 1.807) is 12.1 Å². The summed E-state index contributed by atoms with van der Waals surface area (Å²) in [6.45, 7) is 1.20. The summed E-state index contributed by atoms with van der Waals surface area (Å²) in [5, 5.41) is 3.58. The first kappa shape index (κ1) is 13.2. The molecule has 2 amide bonds. The number of hydrogen-bond acceptors (Lipinski definition) is 3. The molecule has 1 aromatic carbocycles. The monoisotopic (exact) mass is 263 g/mol. The highest BCUT2D eigenvalue weighted by atomic mass is 19.1. The molecule has 0 unspecified atom stereocenters. The standard InChI is InChI=1S/C13H14FN3O2/c14-11-6-2-1-5-10(11)9-15-16-12(18)13(19)17-7-3-4-8-17/h1-2,5-6,9H,3-4,7-8H2,(H,16,18). The summed E-state index contributed by atoms with van der Waals surface area (Å²) in [5.41, 5.74) is 2.35. The van der Waals surface area contributed by atoms with Crippen molar-refractivity contribution in [1.29, 1.82) is 0 Å². The van der Waals surface area contributed by atoms with Crippen LogP contribution in [0.4, 0.5) is 4.39 Å². The maximum atomic E-state index is 13.2. The van der Waals surface area contributed by atoms with E-state index in [1.165, 1.54) is 23.2 Å². The molecule has 1 aliphatic heterocycles. The number of nitrogens with zero attached hydrogens (tertiary/aromatic N) is 2. The first-order valence-corrected chi connectivity index (χ1v) is 6.05. The minimum Gasteiger partial charge on any atom is -0.334 e. The summed E-state index contributed by atoms with van der Waals surface area (Å²) in [6.07, 6.45) is 3.00. The lowest BCUT2D eigenvalue weighted by molar-refractivity contribution is -0.145. The van der Waals surface area contributed by atoms with E-state index in [9.17, 15) is 14.0 Å². The predicted molar refractivity (Wildman–Crippen MR) is 68.0 cm³/mol. The van der Waals surface area contributed by atoms with Gasteiger partial charge in [0, 0.05) is 18.7 Å². The largest absolute Gasteiger partial charge is 0.334 e. The fourth-order valence-corrected chi connectivity index (χ4v) is 1.85. The van der Waals surface area contributed by atoms with E-state index in [2.05, 4.69) is 10.5 Å². The molecule has 2 rings (SSSR count). The van der Waals surface area contributed by atoms with Crippen LogP contribution in [0.3, 0.4) is 0 Å². The van der Waals surface area contributed by atoms with Crippen molar-refractivity contribution in [2.24, 2.45) is 5.10 Å². The molecule has 0 aromatic heterocycles. The number of hydrazone groups is 1. The number of likely N-dealkylation sites (tertiary alicyclic amines) is 1. The number of hydrogen-bond donors (Lipinski definition) is 1. The molecule has 1 aromatic rings. The molecule has 0 aliphatic carbocycles. The second-order valence-corrected chi connectivity index (χ2v) is 4.22. The number of carbonyl (C=O) groups is 2. The molecule has 5 nitrogen and oxygen atoms in total. The zero-order valence-corrected chi connectivity index (χ0v) is 10.3. The highest BCUT2D eigenvalue weighted by molar-refractivity contribution is 6.35. The average Bonchev–Trinajstić information content (AvgIpc) is 2.94. The normalized spacial score (nSPS) is 14.9. The van der Waals surface area contributed by atoms with E-state index in [4.69, 9.17) is 0 Å². The summed E-state index contributed by atoms with van der Waals surface area (Å²) < 4.78 is 13.2. The van der Waals surface area contributed by atoms with Crippen LogP contribution in [0.25, 0.3) is 0 Å². The van der Waals surface area contributed by atoms with Crippen molar-refractivity contribution in [1.82, 2.24) is 10.3 Å². The third kappa shape index (κ3) is 3.37. The summed E-state index contributed by atoms with van der Waals surface area (Å²) in [6, 6.07) is 6.02. The molecule has 0 atom stereocenters. The second kappa shape index (κ2) is 6.08. The van der Waals surface area contributed by atoms with Crippen molar-refractivity contribution < 1.29 is 14.0 Å². The highest BCUT2D eigenvalue weighted by Gasteiger charge is 2.23.